The lowest BCUT2D eigenvalue weighted by Gasteiger charge is -2.14. The average Bonchev–Trinajstić information content (AvgIpc) is 3.02. The van der Waals surface area contributed by atoms with E-state index in [2.05, 4.69) is 4.72 Å². The molecular formula is C16H15ClFNO4S. The van der Waals surface area contributed by atoms with E-state index in [9.17, 15) is 17.9 Å². The minimum Gasteiger partial charge on any atom is -0.493 e. The fourth-order valence-corrected chi connectivity index (χ4v) is 3.76. The molecule has 1 aliphatic rings. The smallest absolute Gasteiger partial charge is 0.240 e. The highest BCUT2D eigenvalue weighted by Gasteiger charge is 2.20. The molecule has 24 heavy (non-hydrogen) atoms. The molecule has 2 aromatic carbocycles. The minimum atomic E-state index is -3.90. The van der Waals surface area contributed by atoms with Gasteiger partial charge in [0.15, 0.2) is 0 Å². The molecule has 2 N–H and O–H groups in total. The van der Waals surface area contributed by atoms with Gasteiger partial charge in [-0.1, -0.05) is 17.7 Å². The molecular weight excluding hydrogens is 357 g/mol. The molecule has 128 valence electrons. The van der Waals surface area contributed by atoms with Crippen molar-refractivity contribution in [2.45, 2.75) is 17.4 Å². The van der Waals surface area contributed by atoms with Gasteiger partial charge in [-0.05, 0) is 41.5 Å². The molecule has 0 saturated heterocycles. The van der Waals surface area contributed by atoms with Crippen LogP contribution < -0.4 is 9.46 Å². The molecule has 0 amide bonds. The summed E-state index contributed by atoms with van der Waals surface area (Å²) in [7, 11) is -3.90. The Balaban J connectivity index is 1.71. The maximum atomic E-state index is 13.1. The standard InChI is InChI=1S/C16H15ClFNO4S/c17-13-8-12(2-3-14(13)18)24(21,22)19-9-15(20)10-1-4-16-11(7-10)5-6-23-16/h1-4,7-8,15,19-20H,5-6,9H2. The fraction of sp³-hybridized carbons (Fsp3) is 0.250. The van der Waals surface area contributed by atoms with Crippen molar-refractivity contribution in [2.24, 2.45) is 0 Å². The molecule has 8 heteroatoms. The Bertz CT molecular complexity index is 872. The third-order valence-electron chi connectivity index (χ3n) is 3.77. The first kappa shape index (κ1) is 17.2. The Hall–Kier alpha value is -1.67. The lowest BCUT2D eigenvalue weighted by atomic mass is 10.0. The second kappa shape index (κ2) is 6.68. The van der Waals surface area contributed by atoms with E-state index in [4.69, 9.17) is 16.3 Å². The first-order chi connectivity index (χ1) is 11.4. The number of sulfonamides is 1. The van der Waals surface area contributed by atoms with Gasteiger partial charge in [0.05, 0.1) is 22.6 Å². The summed E-state index contributed by atoms with van der Waals surface area (Å²) in [4.78, 5) is -0.163. The van der Waals surface area contributed by atoms with Crippen LogP contribution in [-0.4, -0.2) is 26.7 Å². The van der Waals surface area contributed by atoms with Gasteiger partial charge in [0, 0.05) is 13.0 Å². The van der Waals surface area contributed by atoms with E-state index >= 15 is 0 Å². The third-order valence-corrected chi connectivity index (χ3v) is 5.48. The van der Waals surface area contributed by atoms with E-state index in [1.54, 1.807) is 18.2 Å². The van der Waals surface area contributed by atoms with Crippen LogP contribution in [0, 0.1) is 5.82 Å². The van der Waals surface area contributed by atoms with Crippen LogP contribution >= 0.6 is 11.6 Å². The number of rotatable bonds is 5. The molecule has 1 atom stereocenters. The van der Waals surface area contributed by atoms with Gasteiger partial charge in [-0.3, -0.25) is 0 Å². The second-order valence-electron chi connectivity index (χ2n) is 5.41. The van der Waals surface area contributed by atoms with Gasteiger partial charge in [0.1, 0.15) is 11.6 Å². The van der Waals surface area contributed by atoms with Crippen molar-refractivity contribution in [1.82, 2.24) is 4.72 Å². The molecule has 0 spiro atoms. The van der Waals surface area contributed by atoms with Gasteiger partial charge >= 0.3 is 0 Å². The number of hydrogen-bond acceptors (Lipinski definition) is 4. The van der Waals surface area contributed by atoms with E-state index in [1.165, 1.54) is 0 Å². The molecule has 0 fully saturated rings. The minimum absolute atomic E-state index is 0.163. The van der Waals surface area contributed by atoms with Crippen molar-refractivity contribution in [1.29, 1.82) is 0 Å². The van der Waals surface area contributed by atoms with E-state index in [0.29, 0.717) is 12.2 Å². The van der Waals surface area contributed by atoms with Crippen molar-refractivity contribution in [3.63, 3.8) is 0 Å². The van der Waals surface area contributed by atoms with Gasteiger partial charge < -0.3 is 9.84 Å². The summed E-state index contributed by atoms with van der Waals surface area (Å²) in [5.41, 5.74) is 1.58. The summed E-state index contributed by atoms with van der Waals surface area (Å²) < 4.78 is 45.2. The van der Waals surface area contributed by atoms with Gasteiger partial charge in [-0.25, -0.2) is 17.5 Å². The highest BCUT2D eigenvalue weighted by atomic mass is 35.5. The number of halogens is 2. The van der Waals surface area contributed by atoms with Crippen molar-refractivity contribution in [3.05, 3.63) is 58.4 Å². The summed E-state index contributed by atoms with van der Waals surface area (Å²) >= 11 is 5.60. The van der Waals surface area contributed by atoms with Crippen LogP contribution in [0.25, 0.3) is 0 Å². The largest absolute Gasteiger partial charge is 0.493 e. The molecule has 0 aliphatic carbocycles. The van der Waals surface area contributed by atoms with Crippen LogP contribution in [-0.2, 0) is 16.4 Å². The number of hydrogen-bond donors (Lipinski definition) is 2. The first-order valence-corrected chi connectivity index (χ1v) is 9.11. The Morgan fingerprint density at radius 2 is 2.08 bits per heavy atom. The van der Waals surface area contributed by atoms with Gasteiger partial charge in [-0.15, -0.1) is 0 Å². The monoisotopic (exact) mass is 371 g/mol. The second-order valence-corrected chi connectivity index (χ2v) is 7.58. The molecule has 0 radical (unpaired) electrons. The Morgan fingerprint density at radius 1 is 1.29 bits per heavy atom. The van der Waals surface area contributed by atoms with E-state index in [1.807, 2.05) is 0 Å². The summed E-state index contributed by atoms with van der Waals surface area (Å²) in [6.07, 6.45) is -0.253. The molecule has 0 bridgehead atoms. The zero-order valence-corrected chi connectivity index (χ0v) is 14.1. The molecule has 1 aliphatic heterocycles. The molecule has 1 heterocycles. The SMILES string of the molecule is O=S(=O)(NCC(O)c1ccc2c(c1)CCO2)c1ccc(F)c(Cl)c1. The normalized spacial score (nSPS) is 15.0. The van der Waals surface area contributed by atoms with Crippen molar-refractivity contribution in [3.8, 4) is 5.75 Å². The topological polar surface area (TPSA) is 75.6 Å². The molecule has 0 aromatic heterocycles. The number of aliphatic hydroxyl groups is 1. The number of benzene rings is 2. The maximum absolute atomic E-state index is 13.1. The number of aliphatic hydroxyl groups excluding tert-OH is 1. The molecule has 5 nitrogen and oxygen atoms in total. The number of fused-ring (bicyclic) bond motifs is 1. The predicted octanol–water partition coefficient (Wildman–Crippen LogP) is 2.43. The van der Waals surface area contributed by atoms with Crippen molar-refractivity contribution in [2.75, 3.05) is 13.2 Å². The molecule has 3 rings (SSSR count). The lowest BCUT2D eigenvalue weighted by Crippen LogP contribution is -2.28. The highest BCUT2D eigenvalue weighted by Crippen LogP contribution is 2.28. The third kappa shape index (κ3) is 3.54. The summed E-state index contributed by atoms with van der Waals surface area (Å²) in [6.45, 7) is 0.393. The van der Waals surface area contributed by atoms with Gasteiger partial charge in [0.25, 0.3) is 0 Å². The Labute approximate surface area is 144 Å². The van der Waals surface area contributed by atoms with E-state index in [-0.39, 0.29) is 16.5 Å². The lowest BCUT2D eigenvalue weighted by molar-refractivity contribution is 0.182. The van der Waals surface area contributed by atoms with E-state index < -0.39 is 21.9 Å². The molecule has 0 saturated carbocycles. The molecule has 1 unspecified atom stereocenters. The molecule has 2 aromatic rings. The fourth-order valence-electron chi connectivity index (χ4n) is 2.45. The van der Waals surface area contributed by atoms with Crippen LogP contribution in [0.5, 0.6) is 5.75 Å². The van der Waals surface area contributed by atoms with Gasteiger partial charge in [0.2, 0.25) is 10.0 Å². The summed E-state index contributed by atoms with van der Waals surface area (Å²) in [5.74, 6) is 0.0866. The van der Waals surface area contributed by atoms with Crippen LogP contribution in [0.2, 0.25) is 5.02 Å². The van der Waals surface area contributed by atoms with Crippen LogP contribution in [0.15, 0.2) is 41.3 Å². The summed E-state index contributed by atoms with van der Waals surface area (Å²) in [6, 6.07) is 8.37. The number of nitrogens with one attached hydrogen (secondary N) is 1. The summed E-state index contributed by atoms with van der Waals surface area (Å²) in [5, 5.41) is 9.93. The first-order valence-electron chi connectivity index (χ1n) is 7.25. The van der Waals surface area contributed by atoms with Crippen LogP contribution in [0.3, 0.4) is 0 Å². The quantitative estimate of drug-likeness (QED) is 0.846. The zero-order valence-electron chi connectivity index (χ0n) is 12.5. The van der Waals surface area contributed by atoms with Crippen LogP contribution in [0.1, 0.15) is 17.2 Å². The van der Waals surface area contributed by atoms with Crippen LogP contribution in [0.4, 0.5) is 4.39 Å². The zero-order chi connectivity index (χ0) is 17.3. The van der Waals surface area contributed by atoms with Crippen molar-refractivity contribution < 1.29 is 22.7 Å². The van der Waals surface area contributed by atoms with Crippen molar-refractivity contribution >= 4 is 21.6 Å². The Kier molecular flexibility index (Phi) is 4.78. The highest BCUT2D eigenvalue weighted by molar-refractivity contribution is 7.89. The average molecular weight is 372 g/mol. The van der Waals surface area contributed by atoms with Gasteiger partial charge in [-0.2, -0.15) is 0 Å². The Morgan fingerprint density at radius 3 is 2.83 bits per heavy atom. The number of ether oxygens (including phenoxy) is 1. The van der Waals surface area contributed by atoms with E-state index in [0.717, 1.165) is 35.9 Å². The predicted molar refractivity (Wildman–Crippen MR) is 87.2 cm³/mol. The maximum Gasteiger partial charge on any atom is 0.240 e.